The molecule has 1 aromatic heterocycles. The molecule has 1 aromatic carbocycles. The lowest BCUT2D eigenvalue weighted by molar-refractivity contribution is 1.20. The Morgan fingerprint density at radius 2 is 1.95 bits per heavy atom. The van der Waals surface area contributed by atoms with Crippen LogP contribution in [0, 0.1) is 0 Å². The number of aromatic nitrogens is 1. The molecular formula is C14H10BrCl2NS. The molecule has 2 heterocycles. The maximum Gasteiger partial charge on any atom is 0.131 e. The van der Waals surface area contributed by atoms with Crippen molar-refractivity contribution in [1.82, 2.24) is 4.98 Å². The molecule has 1 atom stereocenters. The van der Waals surface area contributed by atoms with Crippen molar-refractivity contribution >= 4 is 53.5 Å². The van der Waals surface area contributed by atoms with Gasteiger partial charge in [-0.2, -0.15) is 0 Å². The molecule has 1 aliphatic heterocycles. The Hall–Kier alpha value is -0.480. The van der Waals surface area contributed by atoms with Gasteiger partial charge >= 0.3 is 0 Å². The first-order valence-corrected chi connectivity index (χ1v) is 9.53. The fourth-order valence-electron chi connectivity index (χ4n) is 2.10. The third-order valence-corrected chi connectivity index (χ3v) is 7.30. The Bertz CT molecular complexity index is 660. The molecule has 1 nitrogen and oxygen atoms in total. The van der Waals surface area contributed by atoms with E-state index < -0.39 is 9.24 Å². The highest BCUT2D eigenvalue weighted by molar-refractivity contribution is 9.10. The number of fused-ring (bicyclic) bond motifs is 1. The first kappa shape index (κ1) is 13.5. The Morgan fingerprint density at radius 1 is 1.21 bits per heavy atom. The molecule has 0 radical (unpaired) electrons. The minimum absolute atomic E-state index is 0.472. The van der Waals surface area contributed by atoms with Gasteiger partial charge in [-0.15, -0.1) is 9.24 Å². The molecule has 2 aromatic rings. The molecule has 0 fully saturated rings. The van der Waals surface area contributed by atoms with E-state index in [4.69, 9.17) is 22.3 Å². The lowest BCUT2D eigenvalue weighted by atomic mass is 10.2. The van der Waals surface area contributed by atoms with Gasteiger partial charge in [0.05, 0.1) is 0 Å². The molecule has 1 aliphatic rings. The van der Waals surface area contributed by atoms with Crippen LogP contribution in [0.4, 0.5) is 0 Å². The Labute approximate surface area is 131 Å². The van der Waals surface area contributed by atoms with Gasteiger partial charge in [0, 0.05) is 16.2 Å². The second kappa shape index (κ2) is 5.13. The van der Waals surface area contributed by atoms with E-state index in [0.717, 1.165) is 20.8 Å². The normalized spacial score (nSPS) is 23.9. The van der Waals surface area contributed by atoms with Gasteiger partial charge in [0.15, 0.2) is 0 Å². The van der Waals surface area contributed by atoms with E-state index in [1.165, 1.54) is 5.56 Å². The molecule has 0 saturated heterocycles. The summed E-state index contributed by atoms with van der Waals surface area (Å²) in [5.74, 6) is 0.811. The predicted molar refractivity (Wildman–Crippen MR) is 87.8 cm³/mol. The van der Waals surface area contributed by atoms with Gasteiger partial charge < -0.3 is 0 Å². The summed E-state index contributed by atoms with van der Waals surface area (Å²) in [6.45, 7) is 0. The van der Waals surface area contributed by atoms with Crippen molar-refractivity contribution in [2.75, 3.05) is 0 Å². The van der Waals surface area contributed by atoms with Crippen molar-refractivity contribution in [3.8, 4) is 0 Å². The maximum absolute atomic E-state index is 6.87. The third kappa shape index (κ3) is 2.57. The predicted octanol–water partition coefficient (Wildman–Crippen LogP) is 6.00. The van der Waals surface area contributed by atoms with E-state index >= 15 is 0 Å². The molecule has 98 valence electrons. The monoisotopic (exact) mass is 373 g/mol. The lowest BCUT2D eigenvalue weighted by Crippen LogP contribution is -1.95. The highest BCUT2D eigenvalue weighted by atomic mass is 79.9. The van der Waals surface area contributed by atoms with E-state index in [1.54, 1.807) is 0 Å². The summed E-state index contributed by atoms with van der Waals surface area (Å²) in [6.07, 6.45) is 2.04. The number of benzene rings is 1. The summed E-state index contributed by atoms with van der Waals surface area (Å²) >= 11 is 9.49. The Morgan fingerprint density at radius 3 is 2.68 bits per heavy atom. The van der Waals surface area contributed by atoms with E-state index in [-0.39, 0.29) is 0 Å². The number of halogens is 3. The van der Waals surface area contributed by atoms with E-state index in [1.807, 2.05) is 30.3 Å². The molecular weight excluding hydrogens is 365 g/mol. The molecule has 0 aliphatic carbocycles. The molecule has 0 amide bonds. The molecule has 5 heteroatoms. The van der Waals surface area contributed by atoms with Crippen LogP contribution in [-0.2, 0) is 5.75 Å². The molecule has 19 heavy (non-hydrogen) atoms. The van der Waals surface area contributed by atoms with Crippen LogP contribution in [0.25, 0.3) is 6.08 Å². The van der Waals surface area contributed by atoms with Crippen LogP contribution in [0.3, 0.4) is 0 Å². The highest BCUT2D eigenvalue weighted by Crippen LogP contribution is 2.69. The van der Waals surface area contributed by atoms with Gasteiger partial charge in [-0.3, -0.25) is 0 Å². The highest BCUT2D eigenvalue weighted by Gasteiger charge is 2.30. The summed E-state index contributed by atoms with van der Waals surface area (Å²) in [4.78, 5) is 5.29. The van der Waals surface area contributed by atoms with Crippen molar-refractivity contribution in [3.05, 3.63) is 62.7 Å². The van der Waals surface area contributed by atoms with E-state index in [9.17, 15) is 0 Å². The zero-order chi connectivity index (χ0) is 13.5. The summed E-state index contributed by atoms with van der Waals surface area (Å²) in [5.41, 5.74) is 2.28. The van der Waals surface area contributed by atoms with Crippen LogP contribution in [0.1, 0.15) is 11.1 Å². The fraction of sp³-hybridized carbons (Fsp3) is 0.0714. The molecule has 0 bridgehead atoms. The van der Waals surface area contributed by atoms with Crippen LogP contribution < -0.4 is 0 Å². The van der Waals surface area contributed by atoms with Crippen LogP contribution >= 0.6 is 47.5 Å². The smallest absolute Gasteiger partial charge is 0.131 e. The largest absolute Gasteiger partial charge is 0.229 e. The summed E-state index contributed by atoms with van der Waals surface area (Å²) in [6, 6.07) is 12.2. The second-order valence-electron chi connectivity index (χ2n) is 4.28. The zero-order valence-corrected chi connectivity index (χ0v) is 13.7. The van der Waals surface area contributed by atoms with Crippen molar-refractivity contribution < 1.29 is 0 Å². The van der Waals surface area contributed by atoms with Gasteiger partial charge in [-0.05, 0) is 39.0 Å². The summed E-state index contributed by atoms with van der Waals surface area (Å²) in [7, 11) is 5.35. The molecule has 0 N–H and O–H groups in total. The Kier molecular flexibility index (Phi) is 3.65. The lowest BCUT2D eigenvalue weighted by Gasteiger charge is -2.27. The van der Waals surface area contributed by atoms with Crippen LogP contribution in [0.5, 0.6) is 0 Å². The summed E-state index contributed by atoms with van der Waals surface area (Å²) in [5, 5.41) is 2.56. The fourth-order valence-corrected chi connectivity index (χ4v) is 6.31. The molecule has 3 rings (SSSR count). The van der Waals surface area contributed by atoms with Crippen LogP contribution in [0.2, 0.25) is 5.15 Å². The minimum Gasteiger partial charge on any atom is -0.229 e. The average molecular weight is 375 g/mol. The SMILES string of the molecule is Clc1cc2c(c(Br)n1)C=CS2(Cl)Cc1ccccc1. The first-order chi connectivity index (χ1) is 9.08. The molecule has 1 unspecified atom stereocenters. The van der Waals surface area contributed by atoms with E-state index in [2.05, 4.69) is 38.5 Å². The van der Waals surface area contributed by atoms with Crippen molar-refractivity contribution in [1.29, 1.82) is 0 Å². The van der Waals surface area contributed by atoms with Gasteiger partial charge in [-0.25, -0.2) is 4.98 Å². The van der Waals surface area contributed by atoms with Crippen LogP contribution in [-0.4, -0.2) is 4.98 Å². The van der Waals surface area contributed by atoms with Crippen molar-refractivity contribution in [3.63, 3.8) is 0 Å². The number of rotatable bonds is 2. The third-order valence-electron chi connectivity index (χ3n) is 2.98. The quantitative estimate of drug-likeness (QED) is 0.587. The number of pyridine rings is 1. The van der Waals surface area contributed by atoms with Gasteiger partial charge in [-0.1, -0.05) is 52.6 Å². The van der Waals surface area contributed by atoms with Gasteiger partial charge in [0.25, 0.3) is 0 Å². The second-order valence-corrected chi connectivity index (χ2v) is 9.48. The van der Waals surface area contributed by atoms with Crippen LogP contribution in [0.15, 0.2) is 51.3 Å². The molecule has 0 saturated carbocycles. The number of hydrogen-bond donors (Lipinski definition) is 0. The zero-order valence-electron chi connectivity index (χ0n) is 9.82. The topological polar surface area (TPSA) is 12.9 Å². The number of nitrogens with zero attached hydrogens (tertiary/aromatic N) is 1. The van der Waals surface area contributed by atoms with Crippen molar-refractivity contribution in [2.24, 2.45) is 0 Å². The standard InChI is InChI=1S/C14H10BrCl2NS/c15-14-11-6-7-19(17,12(11)8-13(16)18-14)9-10-4-2-1-3-5-10/h1-8H,9H2. The first-order valence-electron chi connectivity index (χ1n) is 5.67. The molecule has 0 spiro atoms. The van der Waals surface area contributed by atoms with Gasteiger partial charge in [0.2, 0.25) is 0 Å². The van der Waals surface area contributed by atoms with Crippen molar-refractivity contribution in [2.45, 2.75) is 10.6 Å². The Balaban J connectivity index is 2.03. The van der Waals surface area contributed by atoms with E-state index in [0.29, 0.717) is 5.15 Å². The maximum atomic E-state index is 6.87. The average Bonchev–Trinajstić information content (AvgIpc) is 2.68. The summed E-state index contributed by atoms with van der Waals surface area (Å²) < 4.78 is 0.759. The minimum atomic E-state index is -1.52. The number of hydrogen-bond acceptors (Lipinski definition) is 1. The van der Waals surface area contributed by atoms with Gasteiger partial charge in [0.1, 0.15) is 9.76 Å².